The number of para-hydroxylation sites is 1. The zero-order chi connectivity index (χ0) is 27.5. The maximum atomic E-state index is 13.5. The highest BCUT2D eigenvalue weighted by molar-refractivity contribution is 6.26. The number of rotatable bonds is 14. The zero-order valence-electron chi connectivity index (χ0n) is 21.8. The van der Waals surface area contributed by atoms with Crippen molar-refractivity contribution in [2.24, 2.45) is 5.92 Å². The molecule has 0 unspecified atom stereocenters. The molecule has 200 valence electrons. The summed E-state index contributed by atoms with van der Waals surface area (Å²) in [5.74, 6) is -1.56. The number of amides is 3. The molecule has 0 fully saturated rings. The lowest BCUT2D eigenvalue weighted by Gasteiger charge is -2.23. The summed E-state index contributed by atoms with van der Waals surface area (Å²) in [6.07, 6.45) is 2.95. The maximum Gasteiger partial charge on any atom is 0.243 e. The number of carbonyl (C=O) groups excluding carboxylic acids is 4. The number of aromatic nitrogens is 1. The average molecular weight is 518 g/mol. The lowest BCUT2D eigenvalue weighted by molar-refractivity contribution is -0.132. The summed E-state index contributed by atoms with van der Waals surface area (Å²) >= 11 is 0. The lowest BCUT2D eigenvalue weighted by atomic mass is 10.0. The quantitative estimate of drug-likeness (QED) is 0.209. The molecule has 0 radical (unpaired) electrons. The Morgan fingerprint density at radius 3 is 2.34 bits per heavy atom. The van der Waals surface area contributed by atoms with Crippen LogP contribution in [-0.4, -0.2) is 46.8 Å². The summed E-state index contributed by atoms with van der Waals surface area (Å²) in [5, 5.41) is 16.5. The van der Waals surface area contributed by atoms with E-state index in [1.807, 2.05) is 74.6 Å². The SMILES string of the molecule is CC(C)CC(=O)N[C@@H](Cc1c[nH]c2ccccc12)C(=O)N[C@@H](CCC(=O)C=N)C(=O)NCc1ccccc1. The molecule has 38 heavy (non-hydrogen) atoms. The smallest absolute Gasteiger partial charge is 0.243 e. The summed E-state index contributed by atoms with van der Waals surface area (Å²) < 4.78 is 0. The van der Waals surface area contributed by atoms with Crippen molar-refractivity contribution in [1.82, 2.24) is 20.9 Å². The summed E-state index contributed by atoms with van der Waals surface area (Å²) in [6, 6.07) is 15.1. The van der Waals surface area contributed by atoms with Crippen LogP contribution in [0, 0.1) is 11.3 Å². The minimum atomic E-state index is -1.01. The number of H-pyrrole nitrogens is 1. The number of hydrogen-bond donors (Lipinski definition) is 5. The second-order valence-electron chi connectivity index (χ2n) is 9.70. The van der Waals surface area contributed by atoms with Crippen molar-refractivity contribution in [1.29, 1.82) is 5.41 Å². The number of fused-ring (bicyclic) bond motifs is 1. The molecule has 2 aromatic carbocycles. The first-order chi connectivity index (χ1) is 18.3. The van der Waals surface area contributed by atoms with Gasteiger partial charge >= 0.3 is 0 Å². The highest BCUT2D eigenvalue weighted by Gasteiger charge is 2.28. The van der Waals surface area contributed by atoms with Gasteiger partial charge in [-0.25, -0.2) is 0 Å². The molecule has 9 nitrogen and oxygen atoms in total. The maximum absolute atomic E-state index is 13.5. The molecule has 2 atom stereocenters. The fraction of sp³-hybridized carbons (Fsp3) is 0.345. The predicted molar refractivity (Wildman–Crippen MR) is 147 cm³/mol. The second kappa shape index (κ2) is 13.9. The van der Waals surface area contributed by atoms with Gasteiger partial charge in [0.1, 0.15) is 12.1 Å². The van der Waals surface area contributed by atoms with Crippen LogP contribution in [0.25, 0.3) is 10.9 Å². The first kappa shape index (κ1) is 28.3. The third-order valence-electron chi connectivity index (χ3n) is 6.13. The molecule has 3 aromatic rings. The molecule has 3 amide bonds. The van der Waals surface area contributed by atoms with Gasteiger partial charge in [-0.15, -0.1) is 0 Å². The van der Waals surface area contributed by atoms with Gasteiger partial charge in [-0.3, -0.25) is 19.2 Å². The molecule has 0 aliphatic heterocycles. The van der Waals surface area contributed by atoms with E-state index in [4.69, 9.17) is 5.41 Å². The Hall–Kier alpha value is -4.27. The first-order valence-electron chi connectivity index (χ1n) is 12.8. The van der Waals surface area contributed by atoms with Crippen molar-refractivity contribution < 1.29 is 19.2 Å². The van der Waals surface area contributed by atoms with Gasteiger partial charge in [0.2, 0.25) is 17.7 Å². The van der Waals surface area contributed by atoms with Crippen molar-refractivity contribution in [2.45, 2.75) is 58.2 Å². The van der Waals surface area contributed by atoms with Crippen molar-refractivity contribution >= 4 is 40.6 Å². The van der Waals surface area contributed by atoms with Gasteiger partial charge in [-0.2, -0.15) is 0 Å². The number of benzene rings is 2. The van der Waals surface area contributed by atoms with E-state index in [1.165, 1.54) is 0 Å². The molecule has 0 bridgehead atoms. The van der Waals surface area contributed by atoms with E-state index < -0.39 is 29.7 Å². The third kappa shape index (κ3) is 8.40. The molecule has 1 aromatic heterocycles. The largest absolute Gasteiger partial charge is 0.361 e. The van der Waals surface area contributed by atoms with E-state index in [0.717, 1.165) is 22.0 Å². The van der Waals surface area contributed by atoms with Crippen LogP contribution >= 0.6 is 0 Å². The second-order valence-corrected chi connectivity index (χ2v) is 9.70. The summed E-state index contributed by atoms with van der Waals surface area (Å²) in [7, 11) is 0. The zero-order valence-corrected chi connectivity index (χ0v) is 21.8. The lowest BCUT2D eigenvalue weighted by Crippen LogP contribution is -2.54. The molecule has 1 heterocycles. The molecular formula is C29H35N5O4. The van der Waals surface area contributed by atoms with Gasteiger partial charge in [0, 0.05) is 42.9 Å². The van der Waals surface area contributed by atoms with Gasteiger partial charge < -0.3 is 26.3 Å². The van der Waals surface area contributed by atoms with Gasteiger partial charge in [-0.05, 0) is 29.5 Å². The molecule has 5 N–H and O–H groups in total. The number of carbonyl (C=O) groups is 4. The normalized spacial score (nSPS) is 12.5. The third-order valence-corrected chi connectivity index (χ3v) is 6.13. The Kier molecular flexibility index (Phi) is 10.3. The molecular weight excluding hydrogens is 482 g/mol. The van der Waals surface area contributed by atoms with Gasteiger partial charge in [-0.1, -0.05) is 62.4 Å². The van der Waals surface area contributed by atoms with E-state index in [9.17, 15) is 19.2 Å². The summed E-state index contributed by atoms with van der Waals surface area (Å²) in [5.41, 5.74) is 2.66. The first-order valence-corrected chi connectivity index (χ1v) is 12.8. The Labute approximate surface area is 222 Å². The van der Waals surface area contributed by atoms with Crippen LogP contribution in [0.15, 0.2) is 60.8 Å². The van der Waals surface area contributed by atoms with Gasteiger partial charge in [0.05, 0.1) is 6.21 Å². The molecule has 3 rings (SSSR count). The van der Waals surface area contributed by atoms with Gasteiger partial charge in [0.25, 0.3) is 0 Å². The van der Waals surface area contributed by atoms with Crippen LogP contribution in [0.2, 0.25) is 0 Å². The molecule has 0 aliphatic rings. The van der Waals surface area contributed by atoms with Crippen molar-refractivity contribution in [3.63, 3.8) is 0 Å². The Balaban J connectivity index is 1.78. The number of nitrogens with one attached hydrogen (secondary N) is 5. The van der Waals surface area contributed by atoms with E-state index in [0.29, 0.717) is 6.21 Å². The van der Waals surface area contributed by atoms with Crippen LogP contribution in [0.1, 0.15) is 44.2 Å². The highest BCUT2D eigenvalue weighted by atomic mass is 16.2. The summed E-state index contributed by atoms with van der Waals surface area (Å²) in [4.78, 5) is 54.1. The fourth-order valence-electron chi connectivity index (χ4n) is 4.16. The van der Waals surface area contributed by atoms with Crippen LogP contribution in [0.5, 0.6) is 0 Å². The molecule has 0 aliphatic carbocycles. The van der Waals surface area contributed by atoms with E-state index in [1.54, 1.807) is 0 Å². The average Bonchev–Trinajstić information content (AvgIpc) is 3.31. The van der Waals surface area contributed by atoms with Crippen molar-refractivity contribution in [2.75, 3.05) is 0 Å². The van der Waals surface area contributed by atoms with E-state index >= 15 is 0 Å². The van der Waals surface area contributed by atoms with E-state index in [-0.39, 0.29) is 44.1 Å². The van der Waals surface area contributed by atoms with Gasteiger partial charge in [0.15, 0.2) is 5.78 Å². The highest BCUT2D eigenvalue weighted by Crippen LogP contribution is 2.19. The predicted octanol–water partition coefficient (Wildman–Crippen LogP) is 3.04. The number of aromatic amines is 1. The fourth-order valence-corrected chi connectivity index (χ4v) is 4.16. The molecule has 0 saturated heterocycles. The molecule has 0 saturated carbocycles. The van der Waals surface area contributed by atoms with Crippen LogP contribution < -0.4 is 16.0 Å². The monoisotopic (exact) mass is 517 g/mol. The minimum Gasteiger partial charge on any atom is -0.361 e. The van der Waals surface area contributed by atoms with Crippen molar-refractivity contribution in [3.8, 4) is 0 Å². The molecule has 0 spiro atoms. The topological polar surface area (TPSA) is 144 Å². The number of hydrogen-bond acceptors (Lipinski definition) is 5. The Morgan fingerprint density at radius 1 is 0.921 bits per heavy atom. The van der Waals surface area contributed by atoms with Crippen molar-refractivity contribution in [3.05, 3.63) is 71.9 Å². The number of Topliss-reactive ketones (excluding diaryl/α,β-unsaturated/α-hetero) is 1. The van der Waals surface area contributed by atoms with Crippen LogP contribution in [-0.2, 0) is 32.1 Å². The van der Waals surface area contributed by atoms with Crippen LogP contribution in [0.3, 0.4) is 0 Å². The Bertz CT molecular complexity index is 1270. The summed E-state index contributed by atoms with van der Waals surface area (Å²) in [6.45, 7) is 4.10. The number of ketones is 1. The van der Waals surface area contributed by atoms with Crippen LogP contribution in [0.4, 0.5) is 0 Å². The standard InChI is InChI=1S/C29H35N5O4/c1-19(2)14-27(36)33-26(15-21-18-31-24-11-7-6-10-23(21)24)29(38)34-25(13-12-22(35)16-30)28(37)32-17-20-8-4-3-5-9-20/h3-11,16,18-19,25-26,30-31H,12-15,17H2,1-2H3,(H,32,37)(H,33,36)(H,34,38)/t25-,26-/m0/s1. The molecule has 9 heteroatoms. The minimum absolute atomic E-state index is 0.0281. The Morgan fingerprint density at radius 2 is 1.63 bits per heavy atom. The van der Waals surface area contributed by atoms with E-state index in [2.05, 4.69) is 20.9 Å².